The molecule has 0 aliphatic carbocycles. The molecule has 2 fully saturated rings. The monoisotopic (exact) mass is 298 g/mol. The van der Waals surface area contributed by atoms with Crippen molar-refractivity contribution in [2.24, 2.45) is 11.8 Å². The van der Waals surface area contributed by atoms with Gasteiger partial charge < -0.3 is 9.84 Å². The summed E-state index contributed by atoms with van der Waals surface area (Å²) in [5.41, 5.74) is 0. The Morgan fingerprint density at radius 2 is 1.90 bits per heavy atom. The highest BCUT2D eigenvalue weighted by Crippen LogP contribution is 2.46. The Labute approximate surface area is 128 Å². The fourth-order valence-corrected chi connectivity index (χ4v) is 4.92. The third kappa shape index (κ3) is 4.51. The van der Waals surface area contributed by atoms with E-state index < -0.39 is 0 Å². The lowest BCUT2D eigenvalue weighted by Gasteiger charge is -2.27. The van der Waals surface area contributed by atoms with Crippen LogP contribution in [0.4, 0.5) is 0 Å². The van der Waals surface area contributed by atoms with Crippen LogP contribution in [0.2, 0.25) is 0 Å². The molecule has 0 aromatic carbocycles. The summed E-state index contributed by atoms with van der Waals surface area (Å²) in [7, 11) is 0. The zero-order valence-electron chi connectivity index (χ0n) is 12.8. The molecule has 116 valence electrons. The van der Waals surface area contributed by atoms with E-state index in [1.807, 2.05) is 6.08 Å². The maximum absolute atomic E-state index is 8.86. The van der Waals surface area contributed by atoms with Gasteiger partial charge in [0.1, 0.15) is 0 Å². The van der Waals surface area contributed by atoms with E-state index in [0.29, 0.717) is 18.1 Å². The number of thioether (sulfide) groups is 1. The van der Waals surface area contributed by atoms with Crippen LogP contribution in [0, 0.1) is 11.8 Å². The predicted molar refractivity (Wildman–Crippen MR) is 87.2 cm³/mol. The summed E-state index contributed by atoms with van der Waals surface area (Å²) in [5, 5.41) is 8.86. The summed E-state index contributed by atoms with van der Waals surface area (Å²) in [6, 6.07) is 0. The molecule has 2 saturated heterocycles. The van der Waals surface area contributed by atoms with Gasteiger partial charge in [-0.1, -0.05) is 38.3 Å². The van der Waals surface area contributed by atoms with Gasteiger partial charge >= 0.3 is 0 Å². The zero-order valence-corrected chi connectivity index (χ0v) is 13.6. The minimum absolute atomic E-state index is 0.165. The number of ether oxygens (including phenoxy) is 1. The first kappa shape index (κ1) is 16.4. The van der Waals surface area contributed by atoms with Crippen molar-refractivity contribution in [3.8, 4) is 0 Å². The molecule has 0 amide bonds. The predicted octanol–water partition coefficient (Wildman–Crippen LogP) is 4.03. The van der Waals surface area contributed by atoms with Crippen molar-refractivity contribution in [3.63, 3.8) is 0 Å². The van der Waals surface area contributed by atoms with Gasteiger partial charge in [-0.05, 0) is 49.0 Å². The second-order valence-electron chi connectivity index (χ2n) is 6.14. The summed E-state index contributed by atoms with van der Waals surface area (Å²) >= 11 is 2.13. The number of aliphatic hydroxyl groups is 1. The van der Waals surface area contributed by atoms with E-state index in [1.165, 1.54) is 50.0 Å². The SMILES string of the molecule is CCCCCCSC[C@H]1[C@@H](CC=CCO)[C@H]2CC[C@@H]1O2. The standard InChI is InChI=1S/C17H30O2S/c1-2-3-4-7-12-20-13-15-14(8-5-6-11-18)16-9-10-17(15)19-16/h5-6,14-18H,2-4,7-13H2,1H3/t14-,15+,16-,17+/m1/s1. The van der Waals surface area contributed by atoms with Crippen LogP contribution in [0.3, 0.4) is 0 Å². The first-order chi connectivity index (χ1) is 9.86. The average Bonchev–Trinajstić information content (AvgIpc) is 3.05. The molecule has 2 heterocycles. The molecular formula is C17H30O2S. The van der Waals surface area contributed by atoms with E-state index in [4.69, 9.17) is 9.84 Å². The lowest BCUT2D eigenvalue weighted by molar-refractivity contribution is 0.0888. The molecule has 4 atom stereocenters. The quantitative estimate of drug-likeness (QED) is 0.488. The molecule has 2 bridgehead atoms. The Balaban J connectivity index is 1.69. The number of unbranched alkanes of at least 4 members (excludes halogenated alkanes) is 3. The summed E-state index contributed by atoms with van der Waals surface area (Å²) < 4.78 is 6.11. The summed E-state index contributed by atoms with van der Waals surface area (Å²) in [4.78, 5) is 0. The minimum atomic E-state index is 0.165. The van der Waals surface area contributed by atoms with Gasteiger partial charge in [-0.2, -0.15) is 11.8 Å². The van der Waals surface area contributed by atoms with Crippen LogP contribution in [0.1, 0.15) is 51.9 Å². The van der Waals surface area contributed by atoms with E-state index >= 15 is 0 Å². The maximum Gasteiger partial charge on any atom is 0.0619 e. The van der Waals surface area contributed by atoms with E-state index in [1.54, 1.807) is 0 Å². The number of hydrogen-bond donors (Lipinski definition) is 1. The van der Waals surface area contributed by atoms with Crippen molar-refractivity contribution in [1.29, 1.82) is 0 Å². The first-order valence-corrected chi connectivity index (χ1v) is 9.51. The van der Waals surface area contributed by atoms with Gasteiger partial charge in [0.05, 0.1) is 18.8 Å². The lowest BCUT2D eigenvalue weighted by Crippen LogP contribution is -2.28. The fraction of sp³-hybridized carbons (Fsp3) is 0.882. The Bertz CT molecular complexity index is 293. The normalized spacial score (nSPS) is 32.5. The Morgan fingerprint density at radius 3 is 2.65 bits per heavy atom. The Morgan fingerprint density at radius 1 is 1.10 bits per heavy atom. The molecule has 2 aliphatic rings. The average molecular weight is 298 g/mol. The molecule has 0 spiro atoms. The summed E-state index contributed by atoms with van der Waals surface area (Å²) in [6.45, 7) is 2.43. The minimum Gasteiger partial charge on any atom is -0.392 e. The van der Waals surface area contributed by atoms with E-state index in [2.05, 4.69) is 24.8 Å². The lowest BCUT2D eigenvalue weighted by atomic mass is 9.78. The van der Waals surface area contributed by atoms with E-state index in [0.717, 1.165) is 12.3 Å². The molecule has 0 aromatic heterocycles. The molecule has 0 aromatic rings. The largest absolute Gasteiger partial charge is 0.392 e. The molecule has 2 aliphatic heterocycles. The summed E-state index contributed by atoms with van der Waals surface area (Å²) in [5.74, 6) is 4.02. The van der Waals surface area contributed by atoms with Crippen LogP contribution in [0.5, 0.6) is 0 Å². The number of allylic oxidation sites excluding steroid dienone is 1. The van der Waals surface area contributed by atoms with Crippen LogP contribution in [-0.2, 0) is 4.74 Å². The topological polar surface area (TPSA) is 29.5 Å². The van der Waals surface area contributed by atoms with Crippen LogP contribution in [-0.4, -0.2) is 35.4 Å². The molecular weight excluding hydrogens is 268 g/mol. The van der Waals surface area contributed by atoms with Crippen LogP contribution in [0.25, 0.3) is 0 Å². The summed E-state index contributed by atoms with van der Waals surface area (Å²) in [6.07, 6.45) is 14.1. The number of hydrogen-bond acceptors (Lipinski definition) is 3. The van der Waals surface area contributed by atoms with Gasteiger partial charge in [0.2, 0.25) is 0 Å². The van der Waals surface area contributed by atoms with Crippen molar-refractivity contribution >= 4 is 11.8 Å². The van der Waals surface area contributed by atoms with Crippen molar-refractivity contribution < 1.29 is 9.84 Å². The molecule has 3 heteroatoms. The highest BCUT2D eigenvalue weighted by Gasteiger charge is 2.47. The molecule has 1 N–H and O–H groups in total. The fourth-order valence-electron chi connectivity index (χ4n) is 3.61. The Kier molecular flexibility index (Phi) is 7.47. The third-order valence-corrected chi connectivity index (χ3v) is 5.92. The molecule has 0 unspecified atom stereocenters. The van der Waals surface area contributed by atoms with Crippen molar-refractivity contribution in [2.45, 2.75) is 64.1 Å². The van der Waals surface area contributed by atoms with E-state index in [-0.39, 0.29) is 6.61 Å². The zero-order chi connectivity index (χ0) is 14.2. The number of fused-ring (bicyclic) bond motifs is 2. The molecule has 2 rings (SSSR count). The van der Waals surface area contributed by atoms with Gasteiger partial charge in [-0.3, -0.25) is 0 Å². The van der Waals surface area contributed by atoms with Crippen molar-refractivity contribution in [3.05, 3.63) is 12.2 Å². The van der Waals surface area contributed by atoms with E-state index in [9.17, 15) is 0 Å². The second kappa shape index (κ2) is 9.11. The van der Waals surface area contributed by atoms with Crippen LogP contribution < -0.4 is 0 Å². The first-order valence-electron chi connectivity index (χ1n) is 8.35. The number of aliphatic hydroxyl groups excluding tert-OH is 1. The highest BCUT2D eigenvalue weighted by molar-refractivity contribution is 7.99. The smallest absolute Gasteiger partial charge is 0.0619 e. The molecule has 0 saturated carbocycles. The van der Waals surface area contributed by atoms with Crippen molar-refractivity contribution in [2.75, 3.05) is 18.1 Å². The van der Waals surface area contributed by atoms with Gasteiger partial charge in [-0.15, -0.1) is 0 Å². The molecule has 20 heavy (non-hydrogen) atoms. The van der Waals surface area contributed by atoms with Gasteiger partial charge in [0.25, 0.3) is 0 Å². The molecule has 0 radical (unpaired) electrons. The third-order valence-electron chi connectivity index (χ3n) is 4.72. The maximum atomic E-state index is 8.86. The van der Waals surface area contributed by atoms with Gasteiger partial charge in [-0.25, -0.2) is 0 Å². The number of rotatable bonds is 10. The Hall–Kier alpha value is 0.01000. The van der Waals surface area contributed by atoms with Gasteiger partial charge in [0.15, 0.2) is 0 Å². The second-order valence-corrected chi connectivity index (χ2v) is 7.29. The van der Waals surface area contributed by atoms with Crippen LogP contribution in [0.15, 0.2) is 12.2 Å². The van der Waals surface area contributed by atoms with Crippen molar-refractivity contribution in [1.82, 2.24) is 0 Å². The highest BCUT2D eigenvalue weighted by atomic mass is 32.2. The van der Waals surface area contributed by atoms with Crippen LogP contribution >= 0.6 is 11.8 Å². The molecule has 2 nitrogen and oxygen atoms in total. The van der Waals surface area contributed by atoms with Gasteiger partial charge in [0, 0.05) is 0 Å².